The summed E-state index contributed by atoms with van der Waals surface area (Å²) in [6.07, 6.45) is 3.86. The lowest BCUT2D eigenvalue weighted by molar-refractivity contribution is -0.135. The van der Waals surface area contributed by atoms with E-state index in [1.165, 1.54) is 0 Å². The lowest BCUT2D eigenvalue weighted by atomic mass is 9.87. The molecule has 2 aliphatic carbocycles. The van der Waals surface area contributed by atoms with Crippen molar-refractivity contribution in [3.05, 3.63) is 54.6 Å². The maximum absolute atomic E-state index is 13.2. The van der Waals surface area contributed by atoms with E-state index < -0.39 is 11.6 Å². The van der Waals surface area contributed by atoms with Gasteiger partial charge in [-0.15, -0.1) is 0 Å². The molecule has 30 heavy (non-hydrogen) atoms. The average molecular weight is 422 g/mol. The fourth-order valence-electron chi connectivity index (χ4n) is 4.33. The molecule has 2 aromatic rings. The molecular formula is C23H23N3O3S. The van der Waals surface area contributed by atoms with Crippen LogP contribution in [0, 0.1) is 11.8 Å². The molecular weight excluding hydrogens is 398 g/mol. The van der Waals surface area contributed by atoms with E-state index in [2.05, 4.69) is 10.6 Å². The largest absolute Gasteiger partial charge is 0.325 e. The van der Waals surface area contributed by atoms with Crippen LogP contribution in [0.15, 0.2) is 64.4 Å². The van der Waals surface area contributed by atoms with Gasteiger partial charge in [-0.1, -0.05) is 42.1 Å². The Hall–Kier alpha value is -2.80. The zero-order chi connectivity index (χ0) is 20.7. The van der Waals surface area contributed by atoms with Gasteiger partial charge in [0.05, 0.1) is 5.69 Å². The van der Waals surface area contributed by atoms with Crippen LogP contribution in [-0.4, -0.2) is 34.8 Å². The number of anilines is 1. The molecule has 6 nitrogen and oxygen atoms in total. The van der Waals surface area contributed by atoms with Gasteiger partial charge in [-0.3, -0.25) is 14.5 Å². The van der Waals surface area contributed by atoms with Crippen LogP contribution in [0.25, 0.3) is 0 Å². The third-order valence-corrected chi connectivity index (χ3v) is 7.12. The van der Waals surface area contributed by atoms with Gasteiger partial charge in [-0.05, 0) is 61.8 Å². The monoisotopic (exact) mass is 421 g/mol. The molecule has 154 valence electrons. The van der Waals surface area contributed by atoms with Crippen molar-refractivity contribution in [3.63, 3.8) is 0 Å². The Morgan fingerprint density at radius 1 is 1.00 bits per heavy atom. The summed E-state index contributed by atoms with van der Waals surface area (Å²) in [5.41, 5.74) is -0.0997. The number of para-hydroxylation sites is 1. The summed E-state index contributed by atoms with van der Waals surface area (Å²) in [7, 11) is 0. The number of nitrogens with zero attached hydrogens (tertiary/aromatic N) is 1. The van der Waals surface area contributed by atoms with E-state index >= 15 is 0 Å². The van der Waals surface area contributed by atoms with Crippen molar-refractivity contribution < 1.29 is 14.4 Å². The summed E-state index contributed by atoms with van der Waals surface area (Å²) in [6, 6.07) is 17.0. The highest BCUT2D eigenvalue weighted by atomic mass is 32.2. The van der Waals surface area contributed by atoms with Crippen molar-refractivity contribution in [2.24, 2.45) is 11.8 Å². The minimum atomic E-state index is -0.765. The van der Waals surface area contributed by atoms with Crippen LogP contribution in [0.2, 0.25) is 0 Å². The maximum atomic E-state index is 13.2. The van der Waals surface area contributed by atoms with E-state index in [0.29, 0.717) is 5.69 Å². The van der Waals surface area contributed by atoms with Gasteiger partial charge in [0.15, 0.2) is 0 Å². The Morgan fingerprint density at radius 2 is 1.63 bits per heavy atom. The topological polar surface area (TPSA) is 78.5 Å². The number of hydrogen-bond donors (Lipinski definition) is 2. The number of urea groups is 1. The van der Waals surface area contributed by atoms with Gasteiger partial charge in [0.25, 0.3) is 5.91 Å². The first-order chi connectivity index (χ1) is 14.6. The highest BCUT2D eigenvalue weighted by Crippen LogP contribution is 2.54. The Labute approximate surface area is 179 Å². The van der Waals surface area contributed by atoms with Crippen LogP contribution in [0.5, 0.6) is 0 Å². The molecule has 0 atom stereocenters. The smallest absolute Gasteiger partial charge is 0.323 e. The first-order valence-electron chi connectivity index (χ1n) is 10.3. The van der Waals surface area contributed by atoms with Crippen LogP contribution in [0.4, 0.5) is 10.5 Å². The van der Waals surface area contributed by atoms with Gasteiger partial charge < -0.3 is 10.6 Å². The van der Waals surface area contributed by atoms with Crippen molar-refractivity contribution in [3.8, 4) is 0 Å². The van der Waals surface area contributed by atoms with Crippen molar-refractivity contribution in [2.45, 2.75) is 41.0 Å². The van der Waals surface area contributed by atoms with Gasteiger partial charge in [0, 0.05) is 9.79 Å². The Kier molecular flexibility index (Phi) is 4.77. The second-order valence-electron chi connectivity index (χ2n) is 8.20. The maximum Gasteiger partial charge on any atom is 0.325 e. The molecule has 1 saturated heterocycles. The minimum Gasteiger partial charge on any atom is -0.323 e. The molecule has 5 rings (SSSR count). The second-order valence-corrected chi connectivity index (χ2v) is 9.31. The molecule has 0 radical (unpaired) electrons. The Bertz CT molecular complexity index is 990. The third-order valence-electron chi connectivity index (χ3n) is 6.03. The summed E-state index contributed by atoms with van der Waals surface area (Å²) < 4.78 is 0. The summed E-state index contributed by atoms with van der Waals surface area (Å²) in [6.45, 7) is -0.268. The number of carbonyl (C=O) groups excluding carboxylic acids is 3. The predicted molar refractivity (Wildman–Crippen MR) is 114 cm³/mol. The lowest BCUT2D eigenvalue weighted by Crippen LogP contribution is -2.51. The number of benzene rings is 2. The summed E-state index contributed by atoms with van der Waals surface area (Å²) in [5, 5.41) is 5.84. The molecule has 2 N–H and O–H groups in total. The van der Waals surface area contributed by atoms with Crippen LogP contribution in [0.1, 0.15) is 25.7 Å². The van der Waals surface area contributed by atoms with E-state index in [9.17, 15) is 14.4 Å². The fraction of sp³-hybridized carbons (Fsp3) is 0.348. The molecule has 4 amide bonds. The van der Waals surface area contributed by atoms with Gasteiger partial charge in [-0.2, -0.15) is 0 Å². The molecule has 3 aliphatic rings. The average Bonchev–Trinajstić information content (AvgIpc) is 3.65. The van der Waals surface area contributed by atoms with E-state index in [-0.39, 0.29) is 30.2 Å². The SMILES string of the molecule is O=C(CN1C(=O)NC(C2CC2)(C2CC2)C1=O)Nc1ccccc1Sc1ccccc1. The van der Waals surface area contributed by atoms with Crippen molar-refractivity contribution >= 4 is 35.3 Å². The van der Waals surface area contributed by atoms with E-state index in [4.69, 9.17) is 0 Å². The molecule has 2 saturated carbocycles. The minimum absolute atomic E-state index is 0.220. The van der Waals surface area contributed by atoms with Crippen molar-refractivity contribution in [1.82, 2.24) is 10.2 Å². The molecule has 2 aromatic carbocycles. The highest BCUT2D eigenvalue weighted by molar-refractivity contribution is 7.99. The van der Waals surface area contributed by atoms with Gasteiger partial charge in [0.2, 0.25) is 5.91 Å². The van der Waals surface area contributed by atoms with E-state index in [0.717, 1.165) is 40.4 Å². The summed E-state index contributed by atoms with van der Waals surface area (Å²) in [4.78, 5) is 41.5. The van der Waals surface area contributed by atoms with Crippen LogP contribution >= 0.6 is 11.8 Å². The molecule has 1 heterocycles. The van der Waals surface area contributed by atoms with Crippen LogP contribution < -0.4 is 10.6 Å². The lowest BCUT2D eigenvalue weighted by Gasteiger charge is -2.26. The molecule has 1 aliphatic heterocycles. The van der Waals surface area contributed by atoms with Crippen LogP contribution in [0.3, 0.4) is 0 Å². The number of carbonyl (C=O) groups is 3. The number of rotatable bonds is 7. The van der Waals surface area contributed by atoms with Crippen molar-refractivity contribution in [2.75, 3.05) is 11.9 Å². The molecule has 0 aromatic heterocycles. The van der Waals surface area contributed by atoms with Gasteiger partial charge in [-0.25, -0.2) is 4.79 Å². The van der Waals surface area contributed by atoms with Gasteiger partial charge >= 0.3 is 6.03 Å². The number of amides is 4. The summed E-state index contributed by atoms with van der Waals surface area (Å²) >= 11 is 1.55. The Morgan fingerprint density at radius 3 is 2.30 bits per heavy atom. The number of hydrogen-bond acceptors (Lipinski definition) is 4. The number of imide groups is 1. The van der Waals surface area contributed by atoms with E-state index in [1.54, 1.807) is 11.8 Å². The zero-order valence-electron chi connectivity index (χ0n) is 16.5. The first kappa shape index (κ1) is 19.2. The standard InChI is InChI=1S/C23H23N3O3S/c27-20(24-18-8-4-5-9-19(18)30-17-6-2-1-3-7-17)14-26-21(28)23(15-10-11-15,16-12-13-16)25-22(26)29/h1-9,15-16H,10-14H2,(H,24,27)(H,25,29). The highest BCUT2D eigenvalue weighted by Gasteiger charge is 2.65. The Balaban J connectivity index is 1.29. The molecule has 0 bridgehead atoms. The molecule has 0 unspecified atom stereocenters. The molecule has 7 heteroatoms. The molecule has 0 spiro atoms. The van der Waals surface area contributed by atoms with Crippen molar-refractivity contribution in [1.29, 1.82) is 0 Å². The van der Waals surface area contributed by atoms with E-state index in [1.807, 2.05) is 54.6 Å². The first-order valence-corrected chi connectivity index (χ1v) is 11.2. The molecule has 3 fully saturated rings. The number of nitrogens with one attached hydrogen (secondary N) is 2. The zero-order valence-corrected chi connectivity index (χ0v) is 17.3. The quantitative estimate of drug-likeness (QED) is 0.665. The normalized spacial score (nSPS) is 20.2. The predicted octanol–water partition coefficient (Wildman–Crippen LogP) is 3.89. The third kappa shape index (κ3) is 3.47. The fourth-order valence-corrected chi connectivity index (χ4v) is 5.25. The van der Waals surface area contributed by atoms with Crippen LogP contribution in [-0.2, 0) is 9.59 Å². The second kappa shape index (κ2) is 7.47. The summed E-state index contributed by atoms with van der Waals surface area (Å²) in [5.74, 6) is -0.156. The van der Waals surface area contributed by atoms with Gasteiger partial charge in [0.1, 0.15) is 12.1 Å².